The molecule has 3 N–H and O–H groups in total. The van der Waals surface area contributed by atoms with Crippen LogP contribution >= 0.6 is 0 Å². The number of benzene rings is 1. The van der Waals surface area contributed by atoms with Crippen LogP contribution in [0.4, 0.5) is 5.82 Å². The van der Waals surface area contributed by atoms with Crippen molar-refractivity contribution in [1.82, 2.24) is 19.5 Å². The smallest absolute Gasteiger partial charge is 0.338 e. The molecule has 1 aliphatic rings. The molecule has 1 fully saturated rings. The summed E-state index contributed by atoms with van der Waals surface area (Å²) in [5, 5.41) is 9.73. The Bertz CT molecular complexity index is 927. The SMILES string of the molecule is Nc1ncnc2c1ncn2[C@H]1C[C@@H](CO)[C@H](OC(=O)c2ccccc2)C1. The Morgan fingerprint density at radius 3 is 2.81 bits per heavy atom. The Balaban J connectivity index is 1.55. The van der Waals surface area contributed by atoms with Crippen molar-refractivity contribution in [2.24, 2.45) is 5.92 Å². The molecule has 8 heteroatoms. The molecule has 0 aliphatic heterocycles. The lowest BCUT2D eigenvalue weighted by Crippen LogP contribution is -2.24. The zero-order valence-electron chi connectivity index (χ0n) is 14.0. The number of aromatic nitrogens is 4. The predicted octanol–water partition coefficient (Wildman–Crippen LogP) is 1.58. The monoisotopic (exact) mass is 353 g/mol. The summed E-state index contributed by atoms with van der Waals surface area (Å²) in [5.74, 6) is -0.182. The molecular formula is C18H19N5O3. The standard InChI is InChI=1S/C18H19N5O3/c19-16-15-17(21-9-20-16)23(10-22-15)13-6-12(8-24)14(7-13)26-18(25)11-4-2-1-3-5-11/h1-5,9-10,12-14,24H,6-8H2,(H2,19,20,21)/t12-,13-,14+/m0/s1. The second-order valence-corrected chi connectivity index (χ2v) is 6.46. The lowest BCUT2D eigenvalue weighted by atomic mass is 10.1. The normalized spacial score (nSPS) is 22.6. The van der Waals surface area contributed by atoms with Gasteiger partial charge in [0.1, 0.15) is 17.9 Å². The molecule has 0 radical (unpaired) electrons. The van der Waals surface area contributed by atoms with Gasteiger partial charge in [-0.25, -0.2) is 19.7 Å². The number of nitrogens with zero attached hydrogens (tertiary/aromatic N) is 4. The fourth-order valence-electron chi connectivity index (χ4n) is 3.54. The summed E-state index contributed by atoms with van der Waals surface area (Å²) in [6.45, 7) is -0.0486. The molecule has 1 saturated carbocycles. The van der Waals surface area contributed by atoms with Gasteiger partial charge in [0.25, 0.3) is 0 Å². The number of imidazole rings is 1. The van der Waals surface area contributed by atoms with Gasteiger partial charge in [-0.3, -0.25) is 0 Å². The van der Waals surface area contributed by atoms with Gasteiger partial charge in [-0.2, -0.15) is 0 Å². The van der Waals surface area contributed by atoms with Crippen molar-refractivity contribution >= 4 is 23.0 Å². The molecule has 0 saturated heterocycles. The summed E-state index contributed by atoms with van der Waals surface area (Å²) < 4.78 is 7.60. The summed E-state index contributed by atoms with van der Waals surface area (Å²) in [5.41, 5.74) is 7.55. The van der Waals surface area contributed by atoms with E-state index in [-0.39, 0.29) is 30.6 Å². The van der Waals surface area contributed by atoms with Crippen molar-refractivity contribution < 1.29 is 14.6 Å². The third-order valence-electron chi connectivity index (χ3n) is 4.89. The molecule has 3 aromatic rings. The molecule has 4 rings (SSSR count). The third kappa shape index (κ3) is 2.88. The first-order valence-electron chi connectivity index (χ1n) is 8.47. The Hall–Kier alpha value is -3.00. The van der Waals surface area contributed by atoms with Gasteiger partial charge in [-0.05, 0) is 18.6 Å². The van der Waals surface area contributed by atoms with Crippen molar-refractivity contribution in [2.45, 2.75) is 25.0 Å². The highest BCUT2D eigenvalue weighted by Crippen LogP contribution is 2.38. The molecule has 1 aliphatic carbocycles. The second kappa shape index (κ2) is 6.72. The summed E-state index contributed by atoms with van der Waals surface area (Å²) in [6, 6.07) is 8.87. The van der Waals surface area contributed by atoms with Crippen LogP contribution in [-0.4, -0.2) is 43.3 Å². The molecule has 134 valence electrons. The minimum atomic E-state index is -0.378. The quantitative estimate of drug-likeness (QED) is 0.684. The molecule has 2 heterocycles. The van der Waals surface area contributed by atoms with E-state index in [1.165, 1.54) is 6.33 Å². The fraction of sp³-hybridized carbons (Fsp3) is 0.333. The molecule has 8 nitrogen and oxygen atoms in total. The number of nitrogen functional groups attached to an aromatic ring is 1. The average molecular weight is 353 g/mol. The van der Waals surface area contributed by atoms with Gasteiger partial charge < -0.3 is 20.1 Å². The van der Waals surface area contributed by atoms with Crippen LogP contribution in [0.5, 0.6) is 0 Å². The number of aliphatic hydroxyl groups excluding tert-OH is 1. The van der Waals surface area contributed by atoms with Crippen LogP contribution in [0.1, 0.15) is 29.2 Å². The van der Waals surface area contributed by atoms with E-state index in [2.05, 4.69) is 15.0 Å². The first-order valence-corrected chi connectivity index (χ1v) is 8.47. The predicted molar refractivity (Wildman–Crippen MR) is 94.2 cm³/mol. The molecule has 3 atom stereocenters. The molecule has 2 aromatic heterocycles. The van der Waals surface area contributed by atoms with Gasteiger partial charge in [-0.1, -0.05) is 18.2 Å². The molecule has 0 spiro atoms. The minimum absolute atomic E-state index is 0.0139. The van der Waals surface area contributed by atoms with Crippen molar-refractivity contribution in [2.75, 3.05) is 12.3 Å². The van der Waals surface area contributed by atoms with Crippen LogP contribution in [0.3, 0.4) is 0 Å². The number of ether oxygens (including phenoxy) is 1. The van der Waals surface area contributed by atoms with E-state index in [9.17, 15) is 9.90 Å². The summed E-state index contributed by atoms with van der Waals surface area (Å²) in [4.78, 5) is 24.9. The molecule has 0 bridgehead atoms. The number of carbonyl (C=O) groups excluding carboxylic acids is 1. The number of hydrogen-bond acceptors (Lipinski definition) is 7. The molecule has 0 amide bonds. The number of aliphatic hydroxyl groups is 1. The van der Waals surface area contributed by atoms with Crippen LogP contribution < -0.4 is 5.73 Å². The van der Waals surface area contributed by atoms with E-state index >= 15 is 0 Å². The minimum Gasteiger partial charge on any atom is -0.458 e. The maximum Gasteiger partial charge on any atom is 0.338 e. The number of hydrogen-bond donors (Lipinski definition) is 2. The Kier molecular flexibility index (Phi) is 4.26. The molecular weight excluding hydrogens is 334 g/mol. The van der Waals surface area contributed by atoms with E-state index in [0.717, 1.165) is 0 Å². The van der Waals surface area contributed by atoms with Crippen molar-refractivity contribution in [3.8, 4) is 0 Å². The number of anilines is 1. The van der Waals surface area contributed by atoms with Crippen LogP contribution in [-0.2, 0) is 4.74 Å². The van der Waals surface area contributed by atoms with E-state index in [4.69, 9.17) is 10.5 Å². The lowest BCUT2D eigenvalue weighted by molar-refractivity contribution is 0.0128. The van der Waals surface area contributed by atoms with Crippen molar-refractivity contribution in [1.29, 1.82) is 0 Å². The van der Waals surface area contributed by atoms with Gasteiger partial charge in [0, 0.05) is 25.0 Å². The highest BCUT2D eigenvalue weighted by molar-refractivity contribution is 5.89. The van der Waals surface area contributed by atoms with Crippen LogP contribution in [0.15, 0.2) is 43.0 Å². The highest BCUT2D eigenvalue weighted by Gasteiger charge is 2.38. The molecule has 1 aromatic carbocycles. The number of esters is 1. The number of fused-ring (bicyclic) bond motifs is 1. The van der Waals surface area contributed by atoms with Crippen LogP contribution in [0.25, 0.3) is 11.2 Å². The van der Waals surface area contributed by atoms with Crippen molar-refractivity contribution in [3.63, 3.8) is 0 Å². The first-order chi connectivity index (χ1) is 12.7. The van der Waals surface area contributed by atoms with E-state index in [1.807, 2.05) is 10.6 Å². The van der Waals surface area contributed by atoms with Gasteiger partial charge in [0.15, 0.2) is 11.5 Å². The number of carbonyl (C=O) groups is 1. The zero-order chi connectivity index (χ0) is 18.1. The van der Waals surface area contributed by atoms with Gasteiger partial charge in [-0.15, -0.1) is 0 Å². The Labute approximate surface area is 149 Å². The second-order valence-electron chi connectivity index (χ2n) is 6.46. The summed E-state index contributed by atoms with van der Waals surface area (Å²) in [7, 11) is 0. The molecule has 0 unspecified atom stereocenters. The number of nitrogens with two attached hydrogens (primary N) is 1. The number of rotatable bonds is 4. The van der Waals surface area contributed by atoms with Crippen molar-refractivity contribution in [3.05, 3.63) is 48.5 Å². The van der Waals surface area contributed by atoms with Gasteiger partial charge >= 0.3 is 5.97 Å². The topological polar surface area (TPSA) is 116 Å². The highest BCUT2D eigenvalue weighted by atomic mass is 16.5. The van der Waals surface area contributed by atoms with Gasteiger partial charge in [0.05, 0.1) is 11.9 Å². The molecule has 26 heavy (non-hydrogen) atoms. The first kappa shape index (κ1) is 16.5. The fourth-order valence-corrected chi connectivity index (χ4v) is 3.54. The van der Waals surface area contributed by atoms with Crippen LogP contribution in [0.2, 0.25) is 0 Å². The maximum absolute atomic E-state index is 12.4. The Morgan fingerprint density at radius 2 is 2.04 bits per heavy atom. The zero-order valence-corrected chi connectivity index (χ0v) is 14.0. The summed E-state index contributed by atoms with van der Waals surface area (Å²) in [6.07, 6.45) is 3.96. The van der Waals surface area contributed by atoms with E-state index in [1.54, 1.807) is 30.6 Å². The van der Waals surface area contributed by atoms with Crippen LogP contribution in [0, 0.1) is 5.92 Å². The largest absolute Gasteiger partial charge is 0.458 e. The maximum atomic E-state index is 12.4. The average Bonchev–Trinajstić information content (AvgIpc) is 3.27. The lowest BCUT2D eigenvalue weighted by Gasteiger charge is -2.17. The van der Waals surface area contributed by atoms with Gasteiger partial charge in [0.2, 0.25) is 0 Å². The van der Waals surface area contributed by atoms with E-state index < -0.39 is 0 Å². The third-order valence-corrected chi connectivity index (χ3v) is 4.89. The summed E-state index contributed by atoms with van der Waals surface area (Å²) >= 11 is 0. The Morgan fingerprint density at radius 1 is 1.23 bits per heavy atom. The van der Waals surface area contributed by atoms with E-state index in [0.29, 0.717) is 35.4 Å².